The molecule has 2 N–H and O–H groups in total. The fraction of sp³-hybridized carbons (Fsp3) is 0.514. The lowest BCUT2D eigenvalue weighted by Gasteiger charge is -2.22. The van der Waals surface area contributed by atoms with Gasteiger partial charge in [-0.05, 0) is 63.3 Å². The lowest BCUT2D eigenvalue weighted by Crippen LogP contribution is -2.46. The maximum atomic E-state index is 13.0. The normalized spacial score (nSPS) is 18.9. The number of H-pyrrole nitrogens is 1. The first-order valence-electron chi connectivity index (χ1n) is 17.1. The number of hydrogen-bond donors (Lipinski definition) is 2. The zero-order chi connectivity index (χ0) is 35.9. The van der Waals surface area contributed by atoms with Crippen LogP contribution in [0.5, 0.6) is 0 Å². The van der Waals surface area contributed by atoms with Crippen molar-refractivity contribution in [1.29, 1.82) is 0 Å². The number of hydrogen-bond acceptors (Lipinski definition) is 7. The standard InChI is InChI=1S/C37H52N6O6/c1-5-6-7-8-9-10-11-12-13-14-15-16-17-18-19-20-21-22-23-24-32(44)39-34(28(2)3)36(46)48-27-31-30(41-42-38)25-33(49-31)43-26-29(4)35(45)40-37(43)47/h6-7,9-10,12-13,15-16,18-19,21-22,26,28,30-31,33-34H,5,8,11,14,17,20,23-25,27H2,1-4H3,(H,39,44)(H,40,45,47)/t30-,31+,33-,34-/m0/s1. The van der Waals surface area contributed by atoms with Crippen LogP contribution in [0.2, 0.25) is 0 Å². The molecule has 1 aliphatic heterocycles. The minimum atomic E-state index is -0.877. The smallest absolute Gasteiger partial charge is 0.330 e. The Morgan fingerprint density at radius 2 is 1.55 bits per heavy atom. The molecule has 0 radical (unpaired) electrons. The SMILES string of the molecule is CCC=CCC=CCC=CCC=CCC=CCC=CCCC(=O)N[C@H](C(=O)OC[C@H]1O[C@H](n2cc(C)c(=O)[nH]c2=O)C[C@@H]1N=[N+]=[N-])C(C)C. The van der Waals surface area contributed by atoms with Crippen LogP contribution in [0.1, 0.15) is 90.3 Å². The molecule has 2 rings (SSSR count). The fourth-order valence-electron chi connectivity index (χ4n) is 4.88. The minimum absolute atomic E-state index is 0.149. The van der Waals surface area contributed by atoms with Crippen LogP contribution in [0.25, 0.3) is 10.4 Å². The number of rotatable bonds is 21. The molecule has 0 unspecified atom stereocenters. The highest BCUT2D eigenvalue weighted by Gasteiger charge is 2.38. The summed E-state index contributed by atoms with van der Waals surface area (Å²) in [5.74, 6) is -1.15. The summed E-state index contributed by atoms with van der Waals surface area (Å²) in [6.07, 6.45) is 31.7. The number of nitrogens with one attached hydrogen (secondary N) is 2. The number of amides is 1. The molecule has 1 aliphatic rings. The van der Waals surface area contributed by atoms with E-state index in [1.165, 1.54) is 10.8 Å². The van der Waals surface area contributed by atoms with E-state index >= 15 is 0 Å². The molecule has 0 aliphatic carbocycles. The molecule has 0 bridgehead atoms. The first-order chi connectivity index (χ1) is 23.7. The quantitative estimate of drug-likeness (QED) is 0.0468. The van der Waals surface area contributed by atoms with Gasteiger partial charge in [0.05, 0.1) is 6.04 Å². The molecule has 266 valence electrons. The van der Waals surface area contributed by atoms with Crippen molar-refractivity contribution in [2.45, 2.75) is 110 Å². The van der Waals surface area contributed by atoms with Crippen molar-refractivity contribution in [2.24, 2.45) is 11.0 Å². The molecule has 12 nitrogen and oxygen atoms in total. The third-order valence-electron chi connectivity index (χ3n) is 7.62. The van der Waals surface area contributed by atoms with Crippen LogP contribution in [-0.4, -0.2) is 46.2 Å². The second-order valence-corrected chi connectivity index (χ2v) is 12.0. The molecule has 1 aromatic heterocycles. The molecule has 2 heterocycles. The van der Waals surface area contributed by atoms with Gasteiger partial charge in [0, 0.05) is 29.5 Å². The molecule has 4 atom stereocenters. The number of aromatic amines is 1. The number of carbonyl (C=O) groups is 2. The Hall–Kier alpha value is -4.67. The summed E-state index contributed by atoms with van der Waals surface area (Å²) in [6, 6.07) is -1.59. The van der Waals surface area contributed by atoms with E-state index in [0.29, 0.717) is 12.0 Å². The first-order valence-corrected chi connectivity index (χ1v) is 17.1. The maximum absolute atomic E-state index is 13.0. The number of allylic oxidation sites excluding steroid dienone is 12. The summed E-state index contributed by atoms with van der Waals surface area (Å²) in [4.78, 5) is 54.7. The third kappa shape index (κ3) is 15.9. The summed E-state index contributed by atoms with van der Waals surface area (Å²) >= 11 is 0. The van der Waals surface area contributed by atoms with Crippen LogP contribution in [0.15, 0.2) is 93.8 Å². The van der Waals surface area contributed by atoms with E-state index in [9.17, 15) is 19.2 Å². The Labute approximate surface area is 289 Å². The fourth-order valence-corrected chi connectivity index (χ4v) is 4.88. The van der Waals surface area contributed by atoms with Crippen LogP contribution in [0, 0.1) is 12.8 Å². The predicted molar refractivity (Wildman–Crippen MR) is 193 cm³/mol. The van der Waals surface area contributed by atoms with Crippen LogP contribution in [0.4, 0.5) is 0 Å². The Bertz CT molecular complexity index is 1530. The van der Waals surface area contributed by atoms with E-state index < -0.39 is 41.6 Å². The number of aryl methyl sites for hydroxylation is 1. The molecule has 1 saturated heterocycles. The zero-order valence-electron chi connectivity index (χ0n) is 29.2. The summed E-state index contributed by atoms with van der Waals surface area (Å²) in [5, 5.41) is 6.50. The van der Waals surface area contributed by atoms with E-state index in [1.807, 2.05) is 12.2 Å². The minimum Gasteiger partial charge on any atom is -0.461 e. The second kappa shape index (κ2) is 23.6. The molecule has 12 heteroatoms. The molecule has 0 saturated carbocycles. The Morgan fingerprint density at radius 1 is 1.00 bits per heavy atom. The maximum Gasteiger partial charge on any atom is 0.330 e. The highest BCUT2D eigenvalue weighted by molar-refractivity contribution is 5.84. The van der Waals surface area contributed by atoms with Gasteiger partial charge in [-0.1, -0.05) is 98.8 Å². The molecule has 1 fully saturated rings. The first kappa shape index (κ1) is 40.5. The lowest BCUT2D eigenvalue weighted by atomic mass is 10.0. The Kier molecular flexibility index (Phi) is 19.5. The summed E-state index contributed by atoms with van der Waals surface area (Å²) < 4.78 is 12.6. The van der Waals surface area contributed by atoms with Crippen molar-refractivity contribution in [2.75, 3.05) is 6.61 Å². The van der Waals surface area contributed by atoms with Crippen molar-refractivity contribution < 1.29 is 19.1 Å². The van der Waals surface area contributed by atoms with Crippen molar-refractivity contribution in [1.82, 2.24) is 14.9 Å². The highest BCUT2D eigenvalue weighted by Crippen LogP contribution is 2.30. The van der Waals surface area contributed by atoms with Crippen molar-refractivity contribution >= 4 is 11.9 Å². The van der Waals surface area contributed by atoms with Crippen LogP contribution >= 0.6 is 0 Å². The van der Waals surface area contributed by atoms with Gasteiger partial charge in [-0.2, -0.15) is 0 Å². The molecular weight excluding hydrogens is 624 g/mol. The largest absolute Gasteiger partial charge is 0.461 e. The van der Waals surface area contributed by atoms with Crippen LogP contribution in [-0.2, 0) is 19.1 Å². The zero-order valence-corrected chi connectivity index (χ0v) is 29.2. The molecule has 0 aromatic carbocycles. The molecule has 49 heavy (non-hydrogen) atoms. The van der Waals surface area contributed by atoms with E-state index in [2.05, 4.69) is 88.0 Å². The predicted octanol–water partition coefficient (Wildman–Crippen LogP) is 6.97. The Balaban J connectivity index is 1.70. The molecule has 1 aromatic rings. The van der Waals surface area contributed by atoms with Gasteiger partial charge < -0.3 is 14.8 Å². The van der Waals surface area contributed by atoms with Gasteiger partial charge in [-0.25, -0.2) is 9.59 Å². The van der Waals surface area contributed by atoms with Gasteiger partial charge in [0.25, 0.3) is 5.56 Å². The van der Waals surface area contributed by atoms with Crippen molar-refractivity contribution in [3.63, 3.8) is 0 Å². The number of nitrogens with zero attached hydrogens (tertiary/aromatic N) is 4. The second-order valence-electron chi connectivity index (χ2n) is 12.0. The average Bonchev–Trinajstić information content (AvgIpc) is 3.47. The topological polar surface area (TPSA) is 168 Å². The van der Waals surface area contributed by atoms with Gasteiger partial charge in [0.2, 0.25) is 5.91 Å². The van der Waals surface area contributed by atoms with Gasteiger partial charge in [-0.15, -0.1) is 0 Å². The van der Waals surface area contributed by atoms with Crippen LogP contribution in [0.3, 0.4) is 0 Å². The highest BCUT2D eigenvalue weighted by atomic mass is 16.6. The van der Waals surface area contributed by atoms with E-state index in [0.717, 1.165) is 38.5 Å². The monoisotopic (exact) mass is 676 g/mol. The van der Waals surface area contributed by atoms with E-state index in [-0.39, 0.29) is 31.3 Å². The summed E-state index contributed by atoms with van der Waals surface area (Å²) in [7, 11) is 0. The summed E-state index contributed by atoms with van der Waals surface area (Å²) in [5.41, 5.74) is 8.16. The number of esters is 1. The van der Waals surface area contributed by atoms with Gasteiger partial charge >= 0.3 is 11.7 Å². The summed E-state index contributed by atoms with van der Waals surface area (Å²) in [6.45, 7) is 7.04. The number of carbonyl (C=O) groups excluding carboxylic acids is 2. The Morgan fingerprint density at radius 3 is 2.08 bits per heavy atom. The van der Waals surface area contributed by atoms with Gasteiger partial charge in [-0.3, -0.25) is 19.1 Å². The third-order valence-corrected chi connectivity index (χ3v) is 7.62. The van der Waals surface area contributed by atoms with Gasteiger partial charge in [0.15, 0.2) is 0 Å². The van der Waals surface area contributed by atoms with Gasteiger partial charge in [0.1, 0.15) is 25.0 Å². The van der Waals surface area contributed by atoms with E-state index in [1.54, 1.807) is 20.8 Å². The van der Waals surface area contributed by atoms with Crippen LogP contribution < -0.4 is 16.6 Å². The lowest BCUT2D eigenvalue weighted by molar-refractivity contribution is -0.153. The number of azide groups is 1. The van der Waals surface area contributed by atoms with Crippen molar-refractivity contribution in [3.05, 3.63) is 116 Å². The molecule has 0 spiro atoms. The molecule has 1 amide bonds. The number of aromatic nitrogens is 2. The average molecular weight is 677 g/mol. The molecular formula is C37H52N6O6. The van der Waals surface area contributed by atoms with Crippen molar-refractivity contribution in [3.8, 4) is 0 Å². The number of ether oxygens (including phenoxy) is 2. The van der Waals surface area contributed by atoms with E-state index in [4.69, 9.17) is 15.0 Å².